The van der Waals surface area contributed by atoms with Gasteiger partial charge in [0.15, 0.2) is 5.84 Å². The molecule has 10 heteroatoms. The van der Waals surface area contributed by atoms with Crippen LogP contribution in [0.2, 0.25) is 5.02 Å². The van der Waals surface area contributed by atoms with Gasteiger partial charge in [-0.3, -0.25) is 19.4 Å². The molecule has 31 heavy (non-hydrogen) atoms. The zero-order valence-electron chi connectivity index (χ0n) is 17.4. The first-order valence-electron chi connectivity index (χ1n) is 9.53. The van der Waals surface area contributed by atoms with Gasteiger partial charge in [0, 0.05) is 35.6 Å². The highest BCUT2D eigenvalue weighted by atomic mass is 35.5. The summed E-state index contributed by atoms with van der Waals surface area (Å²) in [4.78, 5) is 12.5. The fourth-order valence-electron chi connectivity index (χ4n) is 3.20. The molecule has 0 radical (unpaired) electrons. The van der Waals surface area contributed by atoms with Crippen molar-refractivity contribution in [2.75, 3.05) is 32.3 Å². The van der Waals surface area contributed by atoms with Crippen molar-refractivity contribution in [3.63, 3.8) is 0 Å². The Morgan fingerprint density at radius 2 is 2.19 bits per heavy atom. The highest BCUT2D eigenvalue weighted by Crippen LogP contribution is 2.32. The molecule has 1 aromatic heterocycles. The number of hydrogen-bond acceptors (Lipinski definition) is 6. The van der Waals surface area contributed by atoms with Crippen LogP contribution >= 0.6 is 11.6 Å². The van der Waals surface area contributed by atoms with Gasteiger partial charge in [-0.25, -0.2) is 4.39 Å². The van der Waals surface area contributed by atoms with Crippen molar-refractivity contribution in [1.82, 2.24) is 14.7 Å². The summed E-state index contributed by atoms with van der Waals surface area (Å²) in [6.07, 6.45) is 2.26. The summed E-state index contributed by atoms with van der Waals surface area (Å²) in [5.74, 6) is 0.310. The summed E-state index contributed by atoms with van der Waals surface area (Å²) in [5.41, 5.74) is 1.66. The number of anilines is 1. The highest BCUT2D eigenvalue weighted by molar-refractivity contribution is 6.31. The predicted octanol–water partition coefficient (Wildman–Crippen LogP) is 3.11. The summed E-state index contributed by atoms with van der Waals surface area (Å²) in [6.45, 7) is 1.91. The zero-order valence-corrected chi connectivity index (χ0v) is 18.2. The van der Waals surface area contributed by atoms with Crippen LogP contribution in [0.25, 0.3) is 10.9 Å². The number of hydrogen-bond donors (Lipinski definition) is 1. The summed E-state index contributed by atoms with van der Waals surface area (Å²) >= 11 is 6.17. The SMILES string of the molecule is CCN(C=O)/C(CO)=N\N(C)c1cc(OC)c2c(cnn2Cc2c(F)cccc2Cl)c1. The average molecular weight is 448 g/mol. The number of amidine groups is 1. The molecule has 0 bridgehead atoms. The first-order chi connectivity index (χ1) is 14.9. The van der Waals surface area contributed by atoms with E-state index in [1.807, 2.05) is 6.07 Å². The van der Waals surface area contributed by atoms with E-state index >= 15 is 0 Å². The fraction of sp³-hybridized carbons (Fsp3) is 0.286. The Morgan fingerprint density at radius 3 is 2.81 bits per heavy atom. The molecule has 2 aromatic carbocycles. The van der Waals surface area contributed by atoms with Crippen LogP contribution in [-0.4, -0.2) is 59.3 Å². The van der Waals surface area contributed by atoms with Gasteiger partial charge in [0.1, 0.15) is 23.7 Å². The molecular weight excluding hydrogens is 425 g/mol. The molecular formula is C21H23ClFN5O3. The van der Waals surface area contributed by atoms with Crippen LogP contribution in [0.1, 0.15) is 12.5 Å². The number of fused-ring (bicyclic) bond motifs is 1. The van der Waals surface area contributed by atoms with Crippen molar-refractivity contribution in [3.05, 3.63) is 52.9 Å². The minimum atomic E-state index is -0.409. The molecule has 1 heterocycles. The summed E-state index contributed by atoms with van der Waals surface area (Å²) in [6, 6.07) is 8.12. The zero-order chi connectivity index (χ0) is 22.5. The number of likely N-dealkylation sites (N-methyl/N-ethyl adjacent to an activating group) is 1. The molecule has 3 rings (SSSR count). The Labute approximate surface area is 184 Å². The van der Waals surface area contributed by atoms with Gasteiger partial charge in [0.25, 0.3) is 0 Å². The number of benzene rings is 2. The number of aromatic nitrogens is 2. The Balaban J connectivity index is 2.02. The monoisotopic (exact) mass is 447 g/mol. The quantitative estimate of drug-likeness (QED) is 0.248. The van der Waals surface area contributed by atoms with Crippen molar-refractivity contribution in [2.24, 2.45) is 5.10 Å². The number of aliphatic hydroxyl groups excluding tert-OH is 1. The first-order valence-corrected chi connectivity index (χ1v) is 9.91. The number of ether oxygens (including phenoxy) is 1. The maximum Gasteiger partial charge on any atom is 0.215 e. The van der Waals surface area contributed by atoms with Crippen molar-refractivity contribution in [3.8, 4) is 5.75 Å². The predicted molar refractivity (Wildman–Crippen MR) is 118 cm³/mol. The van der Waals surface area contributed by atoms with E-state index in [4.69, 9.17) is 16.3 Å². The normalized spacial score (nSPS) is 11.6. The van der Waals surface area contributed by atoms with Gasteiger partial charge < -0.3 is 9.84 Å². The molecule has 0 saturated heterocycles. The second-order valence-corrected chi connectivity index (χ2v) is 7.08. The number of carbonyl (C=O) groups is 1. The highest BCUT2D eigenvalue weighted by Gasteiger charge is 2.16. The second-order valence-electron chi connectivity index (χ2n) is 6.68. The minimum Gasteiger partial charge on any atom is -0.494 e. The molecule has 0 aliphatic rings. The molecule has 3 aromatic rings. The van der Waals surface area contributed by atoms with Crippen molar-refractivity contribution < 1.29 is 19.0 Å². The van der Waals surface area contributed by atoms with Gasteiger partial charge in [-0.2, -0.15) is 10.2 Å². The standard InChI is InChI=1S/C21H23ClFN5O3/c1-4-27(13-30)20(12-29)25-26(2)15-8-14-10-24-28(21(14)19(9-15)31-3)11-16-17(22)6-5-7-18(16)23/h5-10,13,29H,4,11-12H2,1-3H3/b25-20-. The first kappa shape index (κ1) is 22.5. The number of aliphatic hydroxyl groups is 1. The summed E-state index contributed by atoms with van der Waals surface area (Å²) in [5, 5.41) is 20.9. The average Bonchev–Trinajstić information content (AvgIpc) is 3.18. The molecule has 0 atom stereocenters. The molecule has 0 saturated carbocycles. The lowest BCUT2D eigenvalue weighted by molar-refractivity contribution is -0.114. The number of halogens is 2. The van der Waals surface area contributed by atoms with Crippen LogP contribution in [0.3, 0.4) is 0 Å². The van der Waals surface area contributed by atoms with Crippen LogP contribution in [0, 0.1) is 5.82 Å². The Morgan fingerprint density at radius 1 is 1.42 bits per heavy atom. The smallest absolute Gasteiger partial charge is 0.215 e. The van der Waals surface area contributed by atoms with E-state index in [9.17, 15) is 14.3 Å². The lowest BCUT2D eigenvalue weighted by Crippen LogP contribution is -2.34. The number of nitrogens with zero attached hydrogens (tertiary/aromatic N) is 5. The third kappa shape index (κ3) is 4.62. The number of hydrazone groups is 1. The van der Waals surface area contributed by atoms with Crippen LogP contribution in [0.5, 0.6) is 5.75 Å². The summed E-state index contributed by atoms with van der Waals surface area (Å²) in [7, 11) is 3.22. The van der Waals surface area contributed by atoms with Crippen molar-refractivity contribution in [1.29, 1.82) is 0 Å². The third-order valence-corrected chi connectivity index (χ3v) is 5.21. The van der Waals surface area contributed by atoms with Crippen molar-refractivity contribution >= 4 is 40.4 Å². The maximum atomic E-state index is 14.2. The Hall–Kier alpha value is -3.17. The van der Waals surface area contributed by atoms with E-state index in [1.165, 1.54) is 23.1 Å². The largest absolute Gasteiger partial charge is 0.494 e. The van der Waals surface area contributed by atoms with Crippen LogP contribution in [0.4, 0.5) is 10.1 Å². The third-order valence-electron chi connectivity index (χ3n) is 4.85. The number of amides is 1. The van der Waals surface area contributed by atoms with Gasteiger partial charge in [0.2, 0.25) is 6.41 Å². The molecule has 0 spiro atoms. The maximum absolute atomic E-state index is 14.2. The van der Waals surface area contributed by atoms with Gasteiger partial charge in [-0.05, 0) is 25.1 Å². The van der Waals surface area contributed by atoms with E-state index in [2.05, 4.69) is 10.2 Å². The van der Waals surface area contributed by atoms with Crippen molar-refractivity contribution in [2.45, 2.75) is 13.5 Å². The molecule has 8 nitrogen and oxygen atoms in total. The van der Waals surface area contributed by atoms with Gasteiger partial charge in [-0.1, -0.05) is 17.7 Å². The molecule has 0 aliphatic carbocycles. The van der Waals surface area contributed by atoms with E-state index in [1.54, 1.807) is 43.0 Å². The molecule has 164 valence electrons. The fourth-order valence-corrected chi connectivity index (χ4v) is 3.43. The lowest BCUT2D eigenvalue weighted by atomic mass is 10.2. The Bertz CT molecular complexity index is 1100. The lowest BCUT2D eigenvalue weighted by Gasteiger charge is -2.21. The number of methoxy groups -OCH3 is 1. The van der Waals surface area contributed by atoms with E-state index in [0.29, 0.717) is 40.5 Å². The number of rotatable bonds is 8. The molecule has 1 amide bonds. The van der Waals surface area contributed by atoms with Crippen LogP contribution in [0.15, 0.2) is 41.6 Å². The van der Waals surface area contributed by atoms with Gasteiger partial charge in [-0.15, -0.1) is 0 Å². The van der Waals surface area contributed by atoms with Gasteiger partial charge in [0.05, 0.1) is 25.5 Å². The molecule has 1 N–H and O–H groups in total. The second kappa shape index (κ2) is 9.76. The number of carbonyl (C=O) groups excluding carboxylic acids is 1. The van der Waals surface area contributed by atoms with Gasteiger partial charge >= 0.3 is 0 Å². The summed E-state index contributed by atoms with van der Waals surface area (Å²) < 4.78 is 21.4. The molecule has 0 fully saturated rings. The Kier molecular flexibility index (Phi) is 7.09. The minimum absolute atomic E-state index is 0.137. The topological polar surface area (TPSA) is 83.2 Å². The van der Waals surface area contributed by atoms with E-state index in [0.717, 1.165) is 5.39 Å². The molecule has 0 aliphatic heterocycles. The van der Waals surface area contributed by atoms with Crippen LogP contribution in [-0.2, 0) is 11.3 Å². The molecule has 0 unspecified atom stereocenters. The van der Waals surface area contributed by atoms with E-state index < -0.39 is 12.4 Å². The van der Waals surface area contributed by atoms with E-state index in [-0.39, 0.29) is 12.4 Å². The van der Waals surface area contributed by atoms with Crippen LogP contribution < -0.4 is 9.75 Å².